The molecular formula is C20H24O12. The Bertz CT molecular complexity index is 866. The highest BCUT2D eigenvalue weighted by molar-refractivity contribution is 5.77. The molecule has 2 rings (SSSR count). The summed E-state index contributed by atoms with van der Waals surface area (Å²) in [6.07, 6.45) is -7.62. The lowest BCUT2D eigenvalue weighted by Crippen LogP contribution is -2.64. The molecule has 0 saturated carbocycles. The van der Waals surface area contributed by atoms with Gasteiger partial charge in [-0.25, -0.2) is 4.79 Å². The number of phenols is 1. The van der Waals surface area contributed by atoms with Crippen molar-refractivity contribution in [1.82, 2.24) is 0 Å². The molecule has 5 atom stereocenters. The number of hydrogen-bond acceptors (Lipinski definition) is 12. The van der Waals surface area contributed by atoms with Gasteiger partial charge in [0.1, 0.15) is 11.5 Å². The van der Waals surface area contributed by atoms with Gasteiger partial charge < -0.3 is 38.6 Å². The first-order valence-corrected chi connectivity index (χ1v) is 9.41. The number of esters is 4. The molecule has 1 saturated heterocycles. The fourth-order valence-corrected chi connectivity index (χ4v) is 3.06. The second kappa shape index (κ2) is 10.8. The third-order valence-electron chi connectivity index (χ3n) is 4.31. The van der Waals surface area contributed by atoms with E-state index in [0.29, 0.717) is 0 Å². The van der Waals surface area contributed by atoms with Gasteiger partial charge in [-0.3, -0.25) is 14.4 Å². The number of methoxy groups -OCH3 is 1. The number of rotatable bonds is 7. The Hall–Kier alpha value is -3.38. The number of aromatic hydroxyl groups is 1. The molecular weight excluding hydrogens is 432 g/mol. The lowest BCUT2D eigenvalue weighted by atomic mass is 9.97. The van der Waals surface area contributed by atoms with Crippen molar-refractivity contribution in [1.29, 1.82) is 0 Å². The number of benzene rings is 1. The van der Waals surface area contributed by atoms with Gasteiger partial charge in [0.25, 0.3) is 0 Å². The molecule has 12 heteroatoms. The maximum Gasteiger partial charge on any atom is 0.339 e. The summed E-state index contributed by atoms with van der Waals surface area (Å²) < 4.78 is 31.6. The minimum absolute atomic E-state index is 0.0120. The van der Waals surface area contributed by atoms with Crippen molar-refractivity contribution < 1.29 is 57.8 Å². The van der Waals surface area contributed by atoms with Crippen molar-refractivity contribution in [3.8, 4) is 11.5 Å². The number of ether oxygens (including phenoxy) is 6. The van der Waals surface area contributed by atoms with Crippen molar-refractivity contribution in [2.45, 2.75) is 58.1 Å². The fraction of sp³-hybridized carbons (Fsp3) is 0.500. The van der Waals surface area contributed by atoms with Crippen LogP contribution in [0.1, 0.15) is 26.3 Å². The summed E-state index contributed by atoms with van der Waals surface area (Å²) in [5, 5.41) is 19.1. The van der Waals surface area contributed by atoms with Crippen LogP contribution in [0, 0.1) is 0 Å². The van der Waals surface area contributed by atoms with Gasteiger partial charge in [-0.05, 0) is 12.1 Å². The van der Waals surface area contributed by atoms with Gasteiger partial charge in [0.15, 0.2) is 18.3 Å². The molecule has 1 heterocycles. The molecule has 0 amide bonds. The summed E-state index contributed by atoms with van der Waals surface area (Å²) >= 11 is 0. The van der Waals surface area contributed by atoms with Gasteiger partial charge in [0, 0.05) is 32.4 Å². The molecule has 1 aromatic rings. The molecule has 1 fully saturated rings. The molecule has 0 aromatic heterocycles. The van der Waals surface area contributed by atoms with E-state index in [-0.39, 0.29) is 17.1 Å². The van der Waals surface area contributed by atoms with Crippen LogP contribution >= 0.6 is 0 Å². The minimum Gasteiger partial charge on any atom is -0.507 e. The Morgan fingerprint density at radius 3 is 2.00 bits per heavy atom. The van der Waals surface area contributed by atoms with Crippen molar-refractivity contribution in [2.24, 2.45) is 0 Å². The molecule has 0 aliphatic carbocycles. The molecule has 0 spiro atoms. The molecule has 176 valence electrons. The van der Waals surface area contributed by atoms with Crippen LogP contribution in [-0.2, 0) is 49.5 Å². The molecule has 2 N–H and O–H groups in total. The largest absolute Gasteiger partial charge is 0.507 e. The summed E-state index contributed by atoms with van der Waals surface area (Å²) in [5.41, 5.74) is 0.221. The summed E-state index contributed by atoms with van der Waals surface area (Å²) in [6.45, 7) is 2.79. The molecule has 0 bridgehead atoms. The molecule has 12 nitrogen and oxygen atoms in total. The highest BCUT2D eigenvalue weighted by atomic mass is 16.7. The zero-order chi connectivity index (χ0) is 24.0. The van der Waals surface area contributed by atoms with E-state index >= 15 is 0 Å². The summed E-state index contributed by atoms with van der Waals surface area (Å²) in [6, 6.07) is 3.91. The monoisotopic (exact) mass is 456 g/mol. The molecule has 1 aliphatic rings. The van der Waals surface area contributed by atoms with Crippen LogP contribution in [0.5, 0.6) is 11.5 Å². The lowest BCUT2D eigenvalue weighted by Gasteiger charge is -2.43. The van der Waals surface area contributed by atoms with Crippen LogP contribution < -0.4 is 4.74 Å². The van der Waals surface area contributed by atoms with Crippen molar-refractivity contribution in [3.63, 3.8) is 0 Å². The smallest absolute Gasteiger partial charge is 0.339 e. The van der Waals surface area contributed by atoms with Crippen LogP contribution in [-0.4, -0.2) is 71.9 Å². The Labute approximate surface area is 182 Å². The SMILES string of the molecule is COC(=O)[C@H]1O[C@@H](Oc2ccc(CO)c(O)c2)[C@@H](OC(C)=O)[C@@H](OC(C)=O)[C@H]1OC(C)=O. The first kappa shape index (κ1) is 24.9. The predicted octanol–water partition coefficient (Wildman–Crippen LogP) is -0.0437. The Morgan fingerprint density at radius 1 is 0.938 bits per heavy atom. The molecule has 1 aromatic carbocycles. The minimum atomic E-state index is -1.60. The summed E-state index contributed by atoms with van der Waals surface area (Å²) in [4.78, 5) is 47.5. The third-order valence-corrected chi connectivity index (χ3v) is 4.31. The van der Waals surface area contributed by atoms with Crippen LogP contribution in [0.25, 0.3) is 0 Å². The van der Waals surface area contributed by atoms with E-state index in [4.69, 9.17) is 28.4 Å². The average molecular weight is 456 g/mol. The topological polar surface area (TPSA) is 164 Å². The van der Waals surface area contributed by atoms with Crippen molar-refractivity contribution in [3.05, 3.63) is 23.8 Å². The van der Waals surface area contributed by atoms with E-state index in [2.05, 4.69) is 0 Å². The maximum atomic E-state index is 12.3. The van der Waals surface area contributed by atoms with Crippen LogP contribution in [0.15, 0.2) is 18.2 Å². The second-order valence-electron chi connectivity index (χ2n) is 6.74. The van der Waals surface area contributed by atoms with Crippen LogP contribution in [0.3, 0.4) is 0 Å². The first-order valence-electron chi connectivity index (χ1n) is 9.41. The van der Waals surface area contributed by atoms with E-state index in [1.165, 1.54) is 12.1 Å². The standard InChI is InChI=1S/C20H24O12/c1-9(22)28-15-16(29-10(2)23)18(30-11(3)24)20(32-17(15)19(26)27-4)31-13-6-5-12(8-21)14(25)7-13/h5-7,15-18,20-21,25H,8H2,1-4H3/t15-,16+,17+,18+,20-/m1/s1. The number of hydrogen-bond donors (Lipinski definition) is 2. The third kappa shape index (κ3) is 6.08. The molecule has 0 unspecified atom stereocenters. The van der Waals surface area contributed by atoms with Gasteiger partial charge in [-0.1, -0.05) is 0 Å². The van der Waals surface area contributed by atoms with Gasteiger partial charge in [0.2, 0.25) is 12.4 Å². The van der Waals surface area contributed by atoms with Crippen LogP contribution in [0.4, 0.5) is 0 Å². The van der Waals surface area contributed by atoms with Crippen molar-refractivity contribution >= 4 is 23.9 Å². The second-order valence-corrected chi connectivity index (χ2v) is 6.74. The van der Waals surface area contributed by atoms with E-state index < -0.39 is 61.2 Å². The van der Waals surface area contributed by atoms with Gasteiger partial charge >= 0.3 is 23.9 Å². The predicted molar refractivity (Wildman–Crippen MR) is 102 cm³/mol. The molecule has 0 radical (unpaired) electrons. The van der Waals surface area contributed by atoms with Gasteiger partial charge in [-0.15, -0.1) is 0 Å². The Morgan fingerprint density at radius 2 is 1.50 bits per heavy atom. The fourth-order valence-electron chi connectivity index (χ4n) is 3.06. The number of carbonyl (C=O) groups is 4. The van der Waals surface area contributed by atoms with E-state index in [1.54, 1.807) is 0 Å². The highest BCUT2D eigenvalue weighted by Crippen LogP contribution is 2.32. The van der Waals surface area contributed by atoms with Crippen molar-refractivity contribution in [2.75, 3.05) is 7.11 Å². The van der Waals surface area contributed by atoms with E-state index in [9.17, 15) is 29.4 Å². The lowest BCUT2D eigenvalue weighted by molar-refractivity contribution is -0.282. The Kier molecular flexibility index (Phi) is 8.38. The van der Waals surface area contributed by atoms with E-state index in [0.717, 1.165) is 33.9 Å². The van der Waals surface area contributed by atoms with Gasteiger partial charge in [0.05, 0.1) is 13.7 Å². The molecule has 1 aliphatic heterocycles. The highest BCUT2D eigenvalue weighted by Gasteiger charge is 2.55. The molecule has 32 heavy (non-hydrogen) atoms. The average Bonchev–Trinajstić information content (AvgIpc) is 2.70. The number of aliphatic hydroxyl groups is 1. The quantitative estimate of drug-likeness (QED) is 0.416. The summed E-state index contributed by atoms with van der Waals surface area (Å²) in [7, 11) is 1.07. The van der Waals surface area contributed by atoms with Gasteiger partial charge in [-0.2, -0.15) is 0 Å². The first-order chi connectivity index (χ1) is 15.1. The normalized spacial score (nSPS) is 24.7. The zero-order valence-electron chi connectivity index (χ0n) is 17.8. The van der Waals surface area contributed by atoms with E-state index in [1.807, 2.05) is 0 Å². The zero-order valence-corrected chi connectivity index (χ0v) is 17.8. The Balaban J connectivity index is 2.50. The number of carbonyl (C=O) groups excluding carboxylic acids is 4. The number of aliphatic hydroxyl groups excluding tert-OH is 1. The summed E-state index contributed by atoms with van der Waals surface area (Å²) in [5.74, 6) is -3.70. The van der Waals surface area contributed by atoms with Crippen LogP contribution in [0.2, 0.25) is 0 Å². The maximum absolute atomic E-state index is 12.3.